The maximum atomic E-state index is 12.0. The number of nitrogens with zero attached hydrogens (tertiary/aromatic N) is 1. The molecule has 0 radical (unpaired) electrons. The number of hydrogen-bond donors (Lipinski definition) is 2. The molecule has 4 nitrogen and oxygen atoms in total. The van der Waals surface area contributed by atoms with E-state index in [9.17, 15) is 9.90 Å². The van der Waals surface area contributed by atoms with Gasteiger partial charge in [0, 0.05) is 19.6 Å². The van der Waals surface area contributed by atoms with Crippen LogP contribution in [0.3, 0.4) is 0 Å². The molecule has 0 spiro atoms. The first kappa shape index (κ1) is 12.5. The number of rotatable bonds is 5. The second-order valence-corrected chi connectivity index (χ2v) is 4.12. The summed E-state index contributed by atoms with van der Waals surface area (Å²) in [5.74, 6) is 0.141. The first-order chi connectivity index (χ1) is 7.19. The molecule has 1 rings (SSSR count). The average molecular weight is 214 g/mol. The summed E-state index contributed by atoms with van der Waals surface area (Å²) in [6.45, 7) is 6.25. The number of carbonyl (C=O) groups excluding carboxylic acids is 1. The monoisotopic (exact) mass is 214 g/mol. The molecule has 2 atom stereocenters. The van der Waals surface area contributed by atoms with Crippen molar-refractivity contribution in [1.29, 1.82) is 0 Å². The van der Waals surface area contributed by atoms with Crippen molar-refractivity contribution >= 4 is 5.91 Å². The second kappa shape index (κ2) is 6.08. The number of aliphatic hydroxyl groups is 1. The molecule has 1 aliphatic heterocycles. The fourth-order valence-corrected chi connectivity index (χ4v) is 1.90. The molecule has 0 aliphatic carbocycles. The van der Waals surface area contributed by atoms with Crippen molar-refractivity contribution in [3.63, 3.8) is 0 Å². The maximum Gasteiger partial charge on any atom is 0.239 e. The SMILES string of the molecule is CCCCN(CC)C(=O)C1CC(O)CN1. The number of nitrogens with one attached hydrogen (secondary N) is 1. The van der Waals surface area contributed by atoms with E-state index in [1.165, 1.54) is 0 Å². The summed E-state index contributed by atoms with van der Waals surface area (Å²) in [7, 11) is 0. The number of aliphatic hydroxyl groups excluding tert-OH is 1. The Morgan fingerprint density at radius 1 is 1.53 bits per heavy atom. The van der Waals surface area contributed by atoms with Gasteiger partial charge in [-0.05, 0) is 19.8 Å². The van der Waals surface area contributed by atoms with Crippen LogP contribution in [0.2, 0.25) is 0 Å². The number of amides is 1. The normalized spacial score (nSPS) is 25.5. The van der Waals surface area contributed by atoms with Crippen molar-refractivity contribution in [2.24, 2.45) is 0 Å². The third-order valence-electron chi connectivity index (χ3n) is 2.88. The number of unbranched alkanes of at least 4 members (excludes halogenated alkanes) is 1. The second-order valence-electron chi connectivity index (χ2n) is 4.12. The van der Waals surface area contributed by atoms with Crippen LogP contribution in [-0.2, 0) is 4.79 Å². The van der Waals surface area contributed by atoms with Gasteiger partial charge in [-0.1, -0.05) is 13.3 Å². The van der Waals surface area contributed by atoms with Gasteiger partial charge in [0.05, 0.1) is 12.1 Å². The van der Waals surface area contributed by atoms with Crippen LogP contribution in [-0.4, -0.2) is 47.7 Å². The Hall–Kier alpha value is -0.610. The molecule has 4 heteroatoms. The van der Waals surface area contributed by atoms with Gasteiger partial charge in [-0.15, -0.1) is 0 Å². The minimum Gasteiger partial charge on any atom is -0.392 e. The molecule has 1 aliphatic rings. The molecule has 1 heterocycles. The van der Waals surface area contributed by atoms with Crippen molar-refractivity contribution in [3.05, 3.63) is 0 Å². The van der Waals surface area contributed by atoms with E-state index < -0.39 is 0 Å². The van der Waals surface area contributed by atoms with E-state index in [-0.39, 0.29) is 18.1 Å². The molecule has 15 heavy (non-hydrogen) atoms. The Balaban J connectivity index is 2.42. The lowest BCUT2D eigenvalue weighted by molar-refractivity contribution is -0.133. The van der Waals surface area contributed by atoms with Gasteiger partial charge in [0.25, 0.3) is 0 Å². The molecular formula is C11H22N2O2. The van der Waals surface area contributed by atoms with Gasteiger partial charge in [0.15, 0.2) is 0 Å². The molecule has 0 aromatic rings. The molecule has 1 fully saturated rings. The molecule has 0 aromatic carbocycles. The predicted molar refractivity (Wildman–Crippen MR) is 59.6 cm³/mol. The van der Waals surface area contributed by atoms with E-state index in [1.807, 2.05) is 11.8 Å². The van der Waals surface area contributed by atoms with Crippen LogP contribution in [0.4, 0.5) is 0 Å². The van der Waals surface area contributed by atoms with E-state index in [4.69, 9.17) is 0 Å². The number of hydrogen-bond acceptors (Lipinski definition) is 3. The zero-order chi connectivity index (χ0) is 11.3. The fourth-order valence-electron chi connectivity index (χ4n) is 1.90. The van der Waals surface area contributed by atoms with E-state index in [0.29, 0.717) is 13.0 Å². The summed E-state index contributed by atoms with van der Waals surface area (Å²) in [5.41, 5.74) is 0. The zero-order valence-electron chi connectivity index (χ0n) is 9.70. The average Bonchev–Trinajstić information content (AvgIpc) is 2.65. The van der Waals surface area contributed by atoms with E-state index in [0.717, 1.165) is 25.9 Å². The molecule has 88 valence electrons. The summed E-state index contributed by atoms with van der Waals surface area (Å²) in [5, 5.41) is 12.4. The lowest BCUT2D eigenvalue weighted by atomic mass is 10.1. The van der Waals surface area contributed by atoms with E-state index in [2.05, 4.69) is 12.2 Å². The van der Waals surface area contributed by atoms with Crippen LogP contribution in [0.15, 0.2) is 0 Å². The van der Waals surface area contributed by atoms with Crippen molar-refractivity contribution in [2.45, 2.75) is 45.3 Å². The highest BCUT2D eigenvalue weighted by atomic mass is 16.3. The van der Waals surface area contributed by atoms with E-state index >= 15 is 0 Å². The first-order valence-electron chi connectivity index (χ1n) is 5.89. The first-order valence-corrected chi connectivity index (χ1v) is 5.89. The number of likely N-dealkylation sites (N-methyl/N-ethyl adjacent to an activating group) is 1. The van der Waals surface area contributed by atoms with Crippen molar-refractivity contribution in [1.82, 2.24) is 10.2 Å². The lowest BCUT2D eigenvalue weighted by Crippen LogP contribution is -2.43. The summed E-state index contributed by atoms with van der Waals surface area (Å²) in [4.78, 5) is 13.9. The Morgan fingerprint density at radius 3 is 2.73 bits per heavy atom. The Kier molecular flexibility index (Phi) is 5.05. The van der Waals surface area contributed by atoms with Crippen LogP contribution < -0.4 is 5.32 Å². The highest BCUT2D eigenvalue weighted by Gasteiger charge is 2.30. The maximum absolute atomic E-state index is 12.0. The minimum absolute atomic E-state index is 0.141. The van der Waals surface area contributed by atoms with Gasteiger partial charge in [-0.2, -0.15) is 0 Å². The van der Waals surface area contributed by atoms with Gasteiger partial charge in [-0.3, -0.25) is 4.79 Å². The molecule has 2 N–H and O–H groups in total. The van der Waals surface area contributed by atoms with Crippen molar-refractivity contribution < 1.29 is 9.90 Å². The molecular weight excluding hydrogens is 192 g/mol. The molecule has 0 aromatic heterocycles. The minimum atomic E-state index is -0.358. The van der Waals surface area contributed by atoms with E-state index in [1.54, 1.807) is 0 Å². The summed E-state index contributed by atoms with van der Waals surface area (Å²) < 4.78 is 0. The van der Waals surface area contributed by atoms with Crippen molar-refractivity contribution in [2.75, 3.05) is 19.6 Å². The molecule has 1 saturated heterocycles. The fraction of sp³-hybridized carbons (Fsp3) is 0.909. The van der Waals surface area contributed by atoms with Crippen LogP contribution in [0, 0.1) is 0 Å². The molecule has 0 saturated carbocycles. The smallest absolute Gasteiger partial charge is 0.239 e. The van der Waals surface area contributed by atoms with Crippen LogP contribution in [0.5, 0.6) is 0 Å². The number of carbonyl (C=O) groups is 1. The highest BCUT2D eigenvalue weighted by molar-refractivity contribution is 5.82. The topological polar surface area (TPSA) is 52.6 Å². The summed E-state index contributed by atoms with van der Waals surface area (Å²) in [6.07, 6.45) is 2.35. The van der Waals surface area contributed by atoms with Gasteiger partial charge >= 0.3 is 0 Å². The predicted octanol–water partition coefficient (Wildman–Crippen LogP) is 0.358. The van der Waals surface area contributed by atoms with Crippen LogP contribution >= 0.6 is 0 Å². The Labute approximate surface area is 91.6 Å². The Bertz CT molecular complexity index is 209. The Morgan fingerprint density at radius 2 is 2.27 bits per heavy atom. The molecule has 2 unspecified atom stereocenters. The third kappa shape index (κ3) is 3.47. The highest BCUT2D eigenvalue weighted by Crippen LogP contribution is 2.10. The lowest BCUT2D eigenvalue weighted by Gasteiger charge is -2.24. The largest absolute Gasteiger partial charge is 0.392 e. The standard InChI is InChI=1S/C11H22N2O2/c1-3-5-6-13(4-2)11(15)10-7-9(14)8-12-10/h9-10,12,14H,3-8H2,1-2H3. The van der Waals surface area contributed by atoms with Gasteiger partial charge in [-0.25, -0.2) is 0 Å². The summed E-state index contributed by atoms with van der Waals surface area (Å²) in [6, 6.07) is -0.170. The third-order valence-corrected chi connectivity index (χ3v) is 2.88. The zero-order valence-corrected chi connectivity index (χ0v) is 9.70. The van der Waals surface area contributed by atoms with Gasteiger partial charge in [0.2, 0.25) is 5.91 Å². The van der Waals surface area contributed by atoms with Crippen molar-refractivity contribution in [3.8, 4) is 0 Å². The summed E-state index contributed by atoms with van der Waals surface area (Å²) >= 11 is 0. The molecule has 1 amide bonds. The van der Waals surface area contributed by atoms with Gasteiger partial charge in [0.1, 0.15) is 0 Å². The van der Waals surface area contributed by atoms with Crippen LogP contribution in [0.1, 0.15) is 33.1 Å². The number of β-amino-alcohol motifs (C(OH)–C–C–N with tert-alkyl or cyclic N) is 1. The van der Waals surface area contributed by atoms with Crippen LogP contribution in [0.25, 0.3) is 0 Å². The molecule has 0 bridgehead atoms. The quantitative estimate of drug-likeness (QED) is 0.694. The van der Waals surface area contributed by atoms with Gasteiger partial charge < -0.3 is 15.3 Å².